The zero-order chi connectivity index (χ0) is 12.4. The largest absolute Gasteiger partial charge is 0.381 e. The minimum atomic E-state index is 0.556. The highest BCUT2D eigenvalue weighted by Gasteiger charge is 2.19. The van der Waals surface area contributed by atoms with Crippen LogP contribution in [0.25, 0.3) is 10.6 Å². The predicted molar refractivity (Wildman–Crippen MR) is 70.7 cm³/mol. The van der Waals surface area contributed by atoms with Gasteiger partial charge in [-0.2, -0.15) is 0 Å². The number of aromatic nitrogens is 3. The Kier molecular flexibility index (Phi) is 3.34. The van der Waals surface area contributed by atoms with Gasteiger partial charge in [-0.25, -0.2) is 15.0 Å². The number of aryl methyl sites for hydroxylation is 1. The second kappa shape index (κ2) is 5.12. The molecule has 0 bridgehead atoms. The van der Waals surface area contributed by atoms with Crippen molar-refractivity contribution in [2.75, 3.05) is 13.2 Å². The molecule has 18 heavy (non-hydrogen) atoms. The van der Waals surface area contributed by atoms with Gasteiger partial charge in [0.2, 0.25) is 0 Å². The van der Waals surface area contributed by atoms with Gasteiger partial charge in [0.25, 0.3) is 0 Å². The van der Waals surface area contributed by atoms with E-state index in [1.807, 2.05) is 19.2 Å². The lowest BCUT2D eigenvalue weighted by atomic mass is 10.0. The molecular weight excluding hydrogens is 246 g/mol. The minimum absolute atomic E-state index is 0.556. The summed E-state index contributed by atoms with van der Waals surface area (Å²) < 4.78 is 5.38. The second-order valence-corrected chi connectivity index (χ2v) is 5.50. The van der Waals surface area contributed by atoms with Gasteiger partial charge in [-0.05, 0) is 25.8 Å². The minimum Gasteiger partial charge on any atom is -0.381 e. The zero-order valence-corrected chi connectivity index (χ0v) is 11.1. The molecule has 0 atom stereocenters. The van der Waals surface area contributed by atoms with Crippen LogP contribution in [0.15, 0.2) is 18.5 Å². The van der Waals surface area contributed by atoms with Gasteiger partial charge in [-0.1, -0.05) is 0 Å². The standard InChI is InChI=1S/C13H15N3OS/c1-9-14-5-2-11(16-9)12-8-15-13(18-12)10-3-6-17-7-4-10/h2,5,8,10H,3-4,6-7H2,1H3. The molecular formula is C13H15N3OS. The van der Waals surface area contributed by atoms with Gasteiger partial charge in [0.05, 0.1) is 15.6 Å². The summed E-state index contributed by atoms with van der Waals surface area (Å²) in [6, 6.07) is 1.94. The zero-order valence-electron chi connectivity index (χ0n) is 10.3. The molecule has 0 N–H and O–H groups in total. The van der Waals surface area contributed by atoms with Crippen molar-refractivity contribution in [1.82, 2.24) is 15.0 Å². The van der Waals surface area contributed by atoms with Crippen LogP contribution >= 0.6 is 11.3 Å². The lowest BCUT2D eigenvalue weighted by Gasteiger charge is -2.19. The van der Waals surface area contributed by atoms with Gasteiger partial charge in [0.1, 0.15) is 5.82 Å². The lowest BCUT2D eigenvalue weighted by molar-refractivity contribution is 0.0853. The summed E-state index contributed by atoms with van der Waals surface area (Å²) in [5.41, 5.74) is 0.971. The fourth-order valence-electron chi connectivity index (χ4n) is 2.13. The molecule has 0 radical (unpaired) electrons. The highest BCUT2D eigenvalue weighted by molar-refractivity contribution is 7.15. The highest BCUT2D eigenvalue weighted by atomic mass is 32.1. The Morgan fingerprint density at radius 1 is 1.28 bits per heavy atom. The quantitative estimate of drug-likeness (QED) is 0.834. The molecule has 2 aromatic rings. The van der Waals surface area contributed by atoms with Crippen LogP contribution in [-0.2, 0) is 4.74 Å². The van der Waals surface area contributed by atoms with Crippen molar-refractivity contribution in [3.8, 4) is 10.6 Å². The first-order valence-electron chi connectivity index (χ1n) is 6.16. The Hall–Kier alpha value is -1.33. The van der Waals surface area contributed by atoms with Gasteiger partial charge in [0.15, 0.2) is 0 Å². The molecule has 1 saturated heterocycles. The molecule has 0 spiro atoms. The van der Waals surface area contributed by atoms with Crippen LogP contribution in [0.3, 0.4) is 0 Å². The predicted octanol–water partition coefficient (Wildman–Crippen LogP) is 2.80. The van der Waals surface area contributed by atoms with E-state index >= 15 is 0 Å². The maximum Gasteiger partial charge on any atom is 0.125 e. The van der Waals surface area contributed by atoms with E-state index in [9.17, 15) is 0 Å². The van der Waals surface area contributed by atoms with E-state index in [4.69, 9.17) is 4.74 Å². The normalized spacial score (nSPS) is 16.9. The first kappa shape index (κ1) is 11.7. The van der Waals surface area contributed by atoms with Crippen LogP contribution in [0, 0.1) is 6.92 Å². The van der Waals surface area contributed by atoms with E-state index in [2.05, 4.69) is 15.0 Å². The fraction of sp³-hybridized carbons (Fsp3) is 0.462. The third-order valence-electron chi connectivity index (χ3n) is 3.12. The van der Waals surface area contributed by atoms with Gasteiger partial charge in [0, 0.05) is 31.5 Å². The number of hydrogen-bond donors (Lipinski definition) is 0. The lowest BCUT2D eigenvalue weighted by Crippen LogP contribution is -2.13. The van der Waals surface area contributed by atoms with E-state index < -0.39 is 0 Å². The van der Waals surface area contributed by atoms with Crippen LogP contribution in [0.2, 0.25) is 0 Å². The number of thiazole rings is 1. The molecule has 0 aliphatic carbocycles. The third-order valence-corrected chi connectivity index (χ3v) is 4.30. The number of hydrogen-bond acceptors (Lipinski definition) is 5. The van der Waals surface area contributed by atoms with Gasteiger partial charge in [-0.3, -0.25) is 0 Å². The van der Waals surface area contributed by atoms with Gasteiger partial charge in [-0.15, -0.1) is 11.3 Å². The van der Waals surface area contributed by atoms with Crippen LogP contribution in [-0.4, -0.2) is 28.2 Å². The van der Waals surface area contributed by atoms with Crippen LogP contribution in [0.5, 0.6) is 0 Å². The van der Waals surface area contributed by atoms with Crippen molar-refractivity contribution in [2.45, 2.75) is 25.7 Å². The second-order valence-electron chi connectivity index (χ2n) is 4.44. The summed E-state index contributed by atoms with van der Waals surface area (Å²) in [6.07, 6.45) is 5.88. The summed E-state index contributed by atoms with van der Waals surface area (Å²) in [4.78, 5) is 14.2. The Morgan fingerprint density at radius 2 is 2.11 bits per heavy atom. The molecule has 1 aliphatic rings. The van der Waals surface area contributed by atoms with E-state index in [0.717, 1.165) is 42.5 Å². The molecule has 0 amide bonds. The molecule has 0 unspecified atom stereocenters. The molecule has 94 valence electrons. The van der Waals surface area contributed by atoms with Crippen molar-refractivity contribution in [1.29, 1.82) is 0 Å². The average Bonchev–Trinajstić information content (AvgIpc) is 2.89. The molecule has 1 aliphatic heterocycles. The fourth-order valence-corrected chi connectivity index (χ4v) is 3.19. The Balaban J connectivity index is 1.84. The molecule has 4 nitrogen and oxygen atoms in total. The maximum atomic E-state index is 5.38. The van der Waals surface area contributed by atoms with Gasteiger partial charge < -0.3 is 4.74 Å². The Morgan fingerprint density at radius 3 is 2.89 bits per heavy atom. The van der Waals surface area contributed by atoms with Crippen LogP contribution in [0.4, 0.5) is 0 Å². The SMILES string of the molecule is Cc1nccc(-c2cnc(C3CCOCC3)s2)n1. The van der Waals surface area contributed by atoms with E-state index in [1.165, 1.54) is 5.01 Å². The van der Waals surface area contributed by atoms with E-state index in [-0.39, 0.29) is 0 Å². The topological polar surface area (TPSA) is 47.9 Å². The third kappa shape index (κ3) is 2.42. The summed E-state index contributed by atoms with van der Waals surface area (Å²) in [5, 5.41) is 1.21. The van der Waals surface area contributed by atoms with Crippen molar-refractivity contribution in [3.05, 3.63) is 29.3 Å². The van der Waals surface area contributed by atoms with Crippen LogP contribution < -0.4 is 0 Å². The molecule has 3 rings (SSSR count). The molecule has 1 fully saturated rings. The number of nitrogens with zero attached hydrogens (tertiary/aromatic N) is 3. The molecule has 0 aromatic carbocycles. The summed E-state index contributed by atoms with van der Waals surface area (Å²) in [5.74, 6) is 1.36. The summed E-state index contributed by atoms with van der Waals surface area (Å²) in [7, 11) is 0. The van der Waals surface area contributed by atoms with Crippen molar-refractivity contribution in [3.63, 3.8) is 0 Å². The van der Waals surface area contributed by atoms with E-state index in [1.54, 1.807) is 17.5 Å². The Bertz CT molecular complexity index is 535. The van der Waals surface area contributed by atoms with Crippen molar-refractivity contribution < 1.29 is 4.74 Å². The van der Waals surface area contributed by atoms with E-state index in [0.29, 0.717) is 5.92 Å². The summed E-state index contributed by atoms with van der Waals surface area (Å²) in [6.45, 7) is 3.61. The maximum absolute atomic E-state index is 5.38. The van der Waals surface area contributed by atoms with Crippen molar-refractivity contribution in [2.24, 2.45) is 0 Å². The Labute approximate surface area is 110 Å². The van der Waals surface area contributed by atoms with Gasteiger partial charge >= 0.3 is 0 Å². The molecule has 0 saturated carbocycles. The van der Waals surface area contributed by atoms with Crippen molar-refractivity contribution >= 4 is 11.3 Å². The molecule has 2 aromatic heterocycles. The smallest absolute Gasteiger partial charge is 0.125 e. The highest BCUT2D eigenvalue weighted by Crippen LogP contribution is 2.33. The monoisotopic (exact) mass is 261 g/mol. The average molecular weight is 261 g/mol. The summed E-state index contributed by atoms with van der Waals surface area (Å²) >= 11 is 1.74. The molecule has 5 heteroatoms. The number of ether oxygens (including phenoxy) is 1. The number of rotatable bonds is 2. The molecule has 3 heterocycles. The first-order valence-corrected chi connectivity index (χ1v) is 6.98. The first-order chi connectivity index (χ1) is 8.83. The van der Waals surface area contributed by atoms with Crippen LogP contribution in [0.1, 0.15) is 29.6 Å².